The molecule has 148 valence electrons. The van der Waals surface area contributed by atoms with E-state index in [1.165, 1.54) is 18.3 Å². The Balaban J connectivity index is 1.72. The number of hydrogen-bond donors (Lipinski definition) is 3. The van der Waals surface area contributed by atoms with E-state index in [9.17, 15) is 15.0 Å². The molecule has 3 N–H and O–H groups in total. The van der Waals surface area contributed by atoms with E-state index in [1.54, 1.807) is 18.2 Å². The molecule has 0 aliphatic carbocycles. The van der Waals surface area contributed by atoms with Crippen LogP contribution in [0.15, 0.2) is 65.8 Å². The number of carbonyl (C=O) groups is 1. The zero-order valence-electron chi connectivity index (χ0n) is 15.6. The van der Waals surface area contributed by atoms with Crippen molar-refractivity contribution in [2.24, 2.45) is 5.10 Å². The number of nitrogens with zero attached hydrogens (tertiary/aromatic N) is 1. The van der Waals surface area contributed by atoms with Crippen LogP contribution in [0, 0.1) is 6.92 Å². The molecule has 29 heavy (non-hydrogen) atoms. The monoisotopic (exact) mass is 410 g/mol. The Morgan fingerprint density at radius 2 is 1.83 bits per heavy atom. The number of phenols is 2. The second-order valence-corrected chi connectivity index (χ2v) is 6.77. The number of hydrogen-bond acceptors (Lipinski definition) is 5. The van der Waals surface area contributed by atoms with Crippen LogP contribution in [0.5, 0.6) is 17.2 Å². The number of rotatable bonds is 6. The molecule has 0 radical (unpaired) electrons. The van der Waals surface area contributed by atoms with Gasteiger partial charge in [-0.15, -0.1) is 0 Å². The Morgan fingerprint density at radius 1 is 1.10 bits per heavy atom. The molecular weight excluding hydrogens is 392 g/mol. The van der Waals surface area contributed by atoms with Gasteiger partial charge in [0.25, 0.3) is 5.91 Å². The van der Waals surface area contributed by atoms with Crippen LogP contribution in [0.1, 0.15) is 27.0 Å². The van der Waals surface area contributed by atoms with Crippen molar-refractivity contribution in [3.8, 4) is 17.2 Å². The maximum Gasteiger partial charge on any atom is 0.271 e. The van der Waals surface area contributed by atoms with Crippen LogP contribution >= 0.6 is 11.6 Å². The lowest BCUT2D eigenvalue weighted by atomic mass is 10.1. The minimum absolute atomic E-state index is 0.0711. The normalized spacial score (nSPS) is 10.8. The van der Waals surface area contributed by atoms with Crippen molar-refractivity contribution >= 4 is 23.7 Å². The first-order valence-electron chi connectivity index (χ1n) is 8.75. The highest BCUT2D eigenvalue weighted by molar-refractivity contribution is 6.30. The fourth-order valence-corrected chi connectivity index (χ4v) is 2.81. The molecule has 3 rings (SSSR count). The standard InChI is InChI=1S/C22H19ClN2O4/c1-14-4-2-3-5-15(14)13-29-21-7-6-18(23)8-17(21)12-24-25-22(28)16-9-19(26)11-20(27)10-16/h2-12,26-27H,13H2,1H3,(H,25,28). The molecule has 0 aromatic heterocycles. The fourth-order valence-electron chi connectivity index (χ4n) is 2.63. The molecule has 0 fully saturated rings. The molecule has 0 aliphatic heterocycles. The van der Waals surface area contributed by atoms with E-state index in [2.05, 4.69) is 10.5 Å². The molecular formula is C22H19ClN2O4. The number of aromatic hydroxyl groups is 2. The van der Waals surface area contributed by atoms with Crippen LogP contribution in [-0.4, -0.2) is 22.3 Å². The largest absolute Gasteiger partial charge is 0.508 e. The summed E-state index contributed by atoms with van der Waals surface area (Å²) in [5.74, 6) is -0.468. The Bertz CT molecular complexity index is 1050. The van der Waals surface area contributed by atoms with Crippen molar-refractivity contribution < 1.29 is 19.7 Å². The van der Waals surface area contributed by atoms with E-state index in [4.69, 9.17) is 16.3 Å². The first-order chi connectivity index (χ1) is 13.9. The lowest BCUT2D eigenvalue weighted by molar-refractivity contribution is 0.0954. The predicted molar refractivity (Wildman–Crippen MR) is 112 cm³/mol. The topological polar surface area (TPSA) is 91.2 Å². The van der Waals surface area contributed by atoms with E-state index in [-0.39, 0.29) is 17.1 Å². The van der Waals surface area contributed by atoms with E-state index < -0.39 is 5.91 Å². The molecule has 0 heterocycles. The summed E-state index contributed by atoms with van der Waals surface area (Å²) >= 11 is 6.07. The first kappa shape index (κ1) is 20.2. The van der Waals surface area contributed by atoms with Gasteiger partial charge in [-0.1, -0.05) is 35.9 Å². The van der Waals surface area contributed by atoms with Crippen LogP contribution in [-0.2, 0) is 6.61 Å². The van der Waals surface area contributed by atoms with Gasteiger partial charge in [0.2, 0.25) is 0 Å². The minimum Gasteiger partial charge on any atom is -0.508 e. The van der Waals surface area contributed by atoms with Gasteiger partial charge in [0, 0.05) is 22.2 Å². The van der Waals surface area contributed by atoms with Gasteiger partial charge < -0.3 is 14.9 Å². The van der Waals surface area contributed by atoms with Crippen molar-refractivity contribution in [1.82, 2.24) is 5.43 Å². The summed E-state index contributed by atoms with van der Waals surface area (Å²) in [7, 11) is 0. The van der Waals surface area contributed by atoms with Crippen LogP contribution in [0.25, 0.3) is 0 Å². The van der Waals surface area contributed by atoms with Crippen LogP contribution in [0.3, 0.4) is 0 Å². The van der Waals surface area contributed by atoms with Gasteiger partial charge in [0.1, 0.15) is 23.9 Å². The minimum atomic E-state index is -0.586. The molecule has 0 saturated carbocycles. The Morgan fingerprint density at radius 3 is 2.55 bits per heavy atom. The van der Waals surface area contributed by atoms with E-state index >= 15 is 0 Å². The maximum absolute atomic E-state index is 12.1. The van der Waals surface area contributed by atoms with Crippen molar-refractivity contribution in [3.63, 3.8) is 0 Å². The number of benzene rings is 3. The summed E-state index contributed by atoms with van der Waals surface area (Å²) in [5, 5.41) is 23.4. The molecule has 0 bridgehead atoms. The molecule has 1 amide bonds. The molecule has 0 aliphatic rings. The van der Waals surface area contributed by atoms with Crippen molar-refractivity contribution in [2.45, 2.75) is 13.5 Å². The third-order valence-electron chi connectivity index (χ3n) is 4.15. The van der Waals surface area contributed by atoms with E-state index in [0.717, 1.165) is 17.2 Å². The van der Waals surface area contributed by atoms with Crippen molar-refractivity contribution in [2.75, 3.05) is 0 Å². The van der Waals surface area contributed by atoms with Crippen LogP contribution in [0.4, 0.5) is 0 Å². The Kier molecular flexibility index (Phi) is 6.36. The second-order valence-electron chi connectivity index (χ2n) is 6.33. The van der Waals surface area contributed by atoms with Crippen molar-refractivity contribution in [3.05, 3.63) is 87.9 Å². The summed E-state index contributed by atoms with van der Waals surface area (Å²) in [5.41, 5.74) is 5.18. The van der Waals surface area contributed by atoms with Gasteiger partial charge in [0.05, 0.1) is 6.21 Å². The zero-order valence-corrected chi connectivity index (χ0v) is 16.3. The number of ether oxygens (including phenoxy) is 1. The molecule has 0 spiro atoms. The third kappa shape index (κ3) is 5.49. The number of halogens is 1. The fraction of sp³-hybridized carbons (Fsp3) is 0.0909. The highest BCUT2D eigenvalue weighted by Crippen LogP contribution is 2.23. The maximum atomic E-state index is 12.1. The number of hydrazone groups is 1. The van der Waals surface area contributed by atoms with E-state index in [1.807, 2.05) is 31.2 Å². The molecule has 3 aromatic rings. The number of nitrogens with one attached hydrogen (secondary N) is 1. The number of carbonyl (C=O) groups excluding carboxylic acids is 1. The first-order valence-corrected chi connectivity index (χ1v) is 9.13. The summed E-state index contributed by atoms with van der Waals surface area (Å²) in [6.07, 6.45) is 1.42. The molecule has 7 heteroatoms. The molecule has 0 saturated heterocycles. The summed E-state index contributed by atoms with van der Waals surface area (Å²) in [6, 6.07) is 16.6. The SMILES string of the molecule is Cc1ccccc1COc1ccc(Cl)cc1C=NNC(=O)c1cc(O)cc(O)c1. The smallest absolute Gasteiger partial charge is 0.271 e. The van der Waals surface area contributed by atoms with E-state index in [0.29, 0.717) is 22.9 Å². The average molecular weight is 411 g/mol. The Labute approximate surface area is 173 Å². The van der Waals surface area contributed by atoms with Gasteiger partial charge in [0.15, 0.2) is 0 Å². The van der Waals surface area contributed by atoms with Gasteiger partial charge in [-0.2, -0.15) is 5.10 Å². The highest BCUT2D eigenvalue weighted by atomic mass is 35.5. The summed E-state index contributed by atoms with van der Waals surface area (Å²) < 4.78 is 5.90. The van der Waals surface area contributed by atoms with Gasteiger partial charge in [-0.05, 0) is 48.4 Å². The molecule has 6 nitrogen and oxygen atoms in total. The molecule has 0 atom stereocenters. The average Bonchev–Trinajstić information content (AvgIpc) is 2.67. The molecule has 0 unspecified atom stereocenters. The highest BCUT2D eigenvalue weighted by Gasteiger charge is 2.08. The second kappa shape index (κ2) is 9.12. The van der Waals surface area contributed by atoms with Crippen molar-refractivity contribution in [1.29, 1.82) is 0 Å². The molecule has 3 aromatic carbocycles. The summed E-state index contributed by atoms with van der Waals surface area (Å²) in [4.78, 5) is 12.1. The summed E-state index contributed by atoms with van der Waals surface area (Å²) in [6.45, 7) is 2.39. The third-order valence-corrected chi connectivity index (χ3v) is 4.39. The Hall–Kier alpha value is -3.51. The number of amides is 1. The van der Waals surface area contributed by atoms with Gasteiger partial charge in [-0.25, -0.2) is 5.43 Å². The lowest BCUT2D eigenvalue weighted by Crippen LogP contribution is -2.17. The quantitative estimate of drug-likeness (QED) is 0.415. The number of phenolic OH excluding ortho intramolecular Hbond substituents is 2. The zero-order chi connectivity index (χ0) is 20.8. The van der Waals surface area contributed by atoms with Crippen LogP contribution < -0.4 is 10.2 Å². The predicted octanol–water partition coefficient (Wildman–Crippen LogP) is 4.40. The van der Waals surface area contributed by atoms with Gasteiger partial charge in [-0.3, -0.25) is 4.79 Å². The lowest BCUT2D eigenvalue weighted by Gasteiger charge is -2.11. The van der Waals surface area contributed by atoms with Gasteiger partial charge >= 0.3 is 0 Å². The number of aryl methyl sites for hydroxylation is 1. The van der Waals surface area contributed by atoms with Crippen LogP contribution in [0.2, 0.25) is 5.02 Å².